The van der Waals surface area contributed by atoms with Gasteiger partial charge in [-0.3, -0.25) is 14.6 Å². The Morgan fingerprint density at radius 1 is 1.03 bits per heavy atom. The second kappa shape index (κ2) is 9.49. The van der Waals surface area contributed by atoms with E-state index in [1.807, 2.05) is 25.1 Å². The van der Waals surface area contributed by atoms with Crippen LogP contribution >= 0.6 is 11.6 Å². The van der Waals surface area contributed by atoms with E-state index in [9.17, 15) is 9.59 Å². The number of aryl methyl sites for hydroxylation is 1. The topological polar surface area (TPSA) is 75.4 Å². The van der Waals surface area contributed by atoms with Crippen LogP contribution in [0.4, 0.5) is 11.4 Å². The third kappa shape index (κ3) is 4.87. The highest BCUT2D eigenvalue weighted by atomic mass is 35.5. The first-order valence-electron chi connectivity index (χ1n) is 9.94. The van der Waals surface area contributed by atoms with Crippen molar-refractivity contribution in [1.82, 2.24) is 4.98 Å². The quantitative estimate of drug-likeness (QED) is 0.411. The molecule has 4 rings (SSSR count). The third-order valence-electron chi connectivity index (χ3n) is 4.91. The summed E-state index contributed by atoms with van der Waals surface area (Å²) in [7, 11) is 0. The maximum absolute atomic E-state index is 13.5. The molecule has 6 nitrogen and oxygen atoms in total. The molecule has 0 aliphatic rings. The molecule has 32 heavy (non-hydrogen) atoms. The number of furan rings is 1. The lowest BCUT2D eigenvalue weighted by molar-refractivity contribution is 0.0979. The van der Waals surface area contributed by atoms with Gasteiger partial charge in [0, 0.05) is 28.2 Å². The van der Waals surface area contributed by atoms with Crippen LogP contribution < -0.4 is 10.2 Å². The number of aromatic nitrogens is 1. The van der Waals surface area contributed by atoms with Crippen molar-refractivity contribution in [2.24, 2.45) is 0 Å². The first kappa shape index (κ1) is 21.3. The van der Waals surface area contributed by atoms with Gasteiger partial charge in [0.2, 0.25) is 0 Å². The van der Waals surface area contributed by atoms with Gasteiger partial charge in [-0.25, -0.2) is 0 Å². The van der Waals surface area contributed by atoms with E-state index in [4.69, 9.17) is 16.0 Å². The minimum atomic E-state index is -0.384. The second-order valence-corrected chi connectivity index (χ2v) is 7.59. The van der Waals surface area contributed by atoms with Gasteiger partial charge in [-0.05, 0) is 73.2 Å². The number of amides is 2. The Hall–Kier alpha value is -3.90. The number of carbonyl (C=O) groups excluding carboxylic acids is 2. The number of hydrogen-bond donors (Lipinski definition) is 1. The Balaban J connectivity index is 1.65. The van der Waals surface area contributed by atoms with Gasteiger partial charge in [0.05, 0.1) is 18.5 Å². The van der Waals surface area contributed by atoms with E-state index in [-0.39, 0.29) is 24.1 Å². The van der Waals surface area contributed by atoms with Crippen molar-refractivity contribution in [3.8, 4) is 0 Å². The summed E-state index contributed by atoms with van der Waals surface area (Å²) < 4.78 is 5.15. The number of nitrogens with one attached hydrogen (secondary N) is 1. The van der Waals surface area contributed by atoms with Crippen LogP contribution in [0.5, 0.6) is 0 Å². The summed E-state index contributed by atoms with van der Waals surface area (Å²) in [6, 6.07) is 21.0. The molecule has 0 spiro atoms. The predicted molar refractivity (Wildman–Crippen MR) is 124 cm³/mol. The first-order valence-corrected chi connectivity index (χ1v) is 10.3. The molecular weight excluding hydrogens is 426 g/mol. The van der Waals surface area contributed by atoms with Crippen molar-refractivity contribution in [1.29, 1.82) is 0 Å². The first-order chi connectivity index (χ1) is 15.5. The molecule has 1 N–H and O–H groups in total. The van der Waals surface area contributed by atoms with Crippen molar-refractivity contribution in [2.45, 2.75) is 13.5 Å². The van der Waals surface area contributed by atoms with E-state index in [1.165, 1.54) is 6.26 Å². The van der Waals surface area contributed by atoms with Gasteiger partial charge in [0.25, 0.3) is 11.8 Å². The molecule has 0 bridgehead atoms. The Morgan fingerprint density at radius 2 is 1.84 bits per heavy atom. The van der Waals surface area contributed by atoms with Crippen molar-refractivity contribution in [2.75, 3.05) is 10.2 Å². The smallest absolute Gasteiger partial charge is 0.291 e. The third-order valence-corrected chi connectivity index (χ3v) is 5.16. The molecule has 0 saturated heterocycles. The molecule has 0 aliphatic carbocycles. The van der Waals surface area contributed by atoms with Gasteiger partial charge in [0.1, 0.15) is 0 Å². The molecule has 2 amide bonds. The van der Waals surface area contributed by atoms with Gasteiger partial charge in [0.15, 0.2) is 5.76 Å². The van der Waals surface area contributed by atoms with Gasteiger partial charge >= 0.3 is 0 Å². The summed E-state index contributed by atoms with van der Waals surface area (Å²) in [5.74, 6) is -0.420. The summed E-state index contributed by atoms with van der Waals surface area (Å²) in [5.41, 5.74) is 3.22. The molecule has 0 saturated carbocycles. The molecule has 4 aromatic rings. The molecule has 0 atom stereocenters. The Kier molecular flexibility index (Phi) is 6.33. The molecule has 0 radical (unpaired) electrons. The van der Waals surface area contributed by atoms with E-state index >= 15 is 0 Å². The minimum absolute atomic E-state index is 0.194. The van der Waals surface area contributed by atoms with Gasteiger partial charge in [-0.2, -0.15) is 0 Å². The zero-order valence-corrected chi connectivity index (χ0v) is 18.0. The average Bonchev–Trinajstić information content (AvgIpc) is 3.35. The zero-order chi connectivity index (χ0) is 22.5. The molecule has 0 aliphatic heterocycles. The Labute approximate surface area is 190 Å². The van der Waals surface area contributed by atoms with Crippen LogP contribution in [-0.2, 0) is 6.54 Å². The van der Waals surface area contributed by atoms with Gasteiger partial charge in [-0.1, -0.05) is 23.7 Å². The Morgan fingerprint density at radius 3 is 2.53 bits per heavy atom. The summed E-state index contributed by atoms with van der Waals surface area (Å²) in [5, 5.41) is 3.39. The lowest BCUT2D eigenvalue weighted by Gasteiger charge is -2.23. The SMILES string of the molecule is Cc1ccc(C(=O)N(Cc2ccccn2)c2ccc(Cl)cc2)cc1NC(=O)c1ccco1. The summed E-state index contributed by atoms with van der Waals surface area (Å²) in [4.78, 5) is 31.9. The minimum Gasteiger partial charge on any atom is -0.459 e. The maximum atomic E-state index is 13.5. The lowest BCUT2D eigenvalue weighted by atomic mass is 10.1. The molecule has 2 heterocycles. The molecule has 7 heteroatoms. The predicted octanol–water partition coefficient (Wildman–Crippen LogP) is 5.74. The monoisotopic (exact) mass is 445 g/mol. The van der Waals surface area contributed by atoms with Crippen molar-refractivity contribution >= 4 is 34.8 Å². The van der Waals surface area contributed by atoms with Crippen LogP contribution in [0.1, 0.15) is 32.2 Å². The normalized spacial score (nSPS) is 10.6. The molecule has 2 aromatic heterocycles. The highest BCUT2D eigenvalue weighted by molar-refractivity contribution is 6.30. The van der Waals surface area contributed by atoms with Crippen LogP contribution in [0.2, 0.25) is 5.02 Å². The fraction of sp³-hybridized carbons (Fsp3) is 0.0800. The standard InChI is InChI=1S/C25H20ClN3O3/c1-17-7-8-18(15-22(17)28-24(30)23-6-4-14-32-23)25(31)29(16-20-5-2-3-13-27-20)21-11-9-19(26)10-12-21/h2-15H,16H2,1H3,(H,28,30). The maximum Gasteiger partial charge on any atom is 0.291 e. The Bertz CT molecular complexity index is 1220. The van der Waals surface area contributed by atoms with Crippen molar-refractivity contribution < 1.29 is 14.0 Å². The summed E-state index contributed by atoms with van der Waals surface area (Å²) >= 11 is 6.04. The molecule has 0 unspecified atom stereocenters. The second-order valence-electron chi connectivity index (χ2n) is 7.15. The highest BCUT2D eigenvalue weighted by Gasteiger charge is 2.20. The zero-order valence-electron chi connectivity index (χ0n) is 17.3. The van der Waals surface area contributed by atoms with E-state index in [1.54, 1.807) is 65.7 Å². The number of rotatable bonds is 6. The number of carbonyl (C=O) groups is 2. The fourth-order valence-corrected chi connectivity index (χ4v) is 3.32. The molecule has 2 aromatic carbocycles. The van der Waals surface area contributed by atoms with Crippen LogP contribution in [-0.4, -0.2) is 16.8 Å². The van der Waals surface area contributed by atoms with Crippen LogP contribution in [0.25, 0.3) is 0 Å². The lowest BCUT2D eigenvalue weighted by Crippen LogP contribution is -2.31. The number of benzene rings is 2. The molecular formula is C25H20ClN3O3. The largest absolute Gasteiger partial charge is 0.459 e. The van der Waals surface area contributed by atoms with E-state index in [0.717, 1.165) is 11.3 Å². The van der Waals surface area contributed by atoms with Crippen LogP contribution in [0.3, 0.4) is 0 Å². The summed E-state index contributed by atoms with van der Waals surface area (Å²) in [6.45, 7) is 2.14. The number of nitrogens with zero attached hydrogens (tertiary/aromatic N) is 2. The van der Waals surface area contributed by atoms with E-state index in [0.29, 0.717) is 22.0 Å². The number of pyridine rings is 1. The summed E-state index contributed by atoms with van der Waals surface area (Å²) in [6.07, 6.45) is 3.12. The highest BCUT2D eigenvalue weighted by Crippen LogP contribution is 2.25. The number of halogens is 1. The number of hydrogen-bond acceptors (Lipinski definition) is 4. The number of anilines is 2. The average molecular weight is 446 g/mol. The molecule has 0 fully saturated rings. The van der Waals surface area contributed by atoms with E-state index in [2.05, 4.69) is 10.3 Å². The van der Waals surface area contributed by atoms with Crippen molar-refractivity contribution in [3.05, 3.63) is 113 Å². The van der Waals surface area contributed by atoms with Crippen LogP contribution in [0.15, 0.2) is 89.7 Å². The van der Waals surface area contributed by atoms with Crippen LogP contribution in [0, 0.1) is 6.92 Å². The van der Waals surface area contributed by atoms with Crippen molar-refractivity contribution in [3.63, 3.8) is 0 Å². The van der Waals surface area contributed by atoms with E-state index < -0.39 is 0 Å². The van der Waals surface area contributed by atoms with Gasteiger partial charge in [-0.15, -0.1) is 0 Å². The molecule has 160 valence electrons. The van der Waals surface area contributed by atoms with Gasteiger partial charge < -0.3 is 14.6 Å². The fourth-order valence-electron chi connectivity index (χ4n) is 3.19.